The van der Waals surface area contributed by atoms with E-state index in [9.17, 15) is 10.1 Å². The van der Waals surface area contributed by atoms with Gasteiger partial charge in [0.15, 0.2) is 0 Å². The molecule has 1 heterocycles. The number of nitrogens with one attached hydrogen (secondary N) is 1. The van der Waals surface area contributed by atoms with E-state index in [2.05, 4.69) is 12.2 Å². The van der Waals surface area contributed by atoms with Crippen molar-refractivity contribution < 1.29 is 9.34 Å². The molecule has 5 nitrogen and oxygen atoms in total. The van der Waals surface area contributed by atoms with E-state index >= 15 is 0 Å². The van der Waals surface area contributed by atoms with Gasteiger partial charge in [-0.15, -0.1) is 0 Å². The zero-order valence-electron chi connectivity index (χ0n) is 9.31. The second-order valence-electron chi connectivity index (χ2n) is 4.49. The Morgan fingerprint density at radius 3 is 2.94 bits per heavy atom. The number of hydrogen-bond acceptors (Lipinski definition) is 4. The van der Waals surface area contributed by atoms with Crippen LogP contribution >= 0.6 is 0 Å². The van der Waals surface area contributed by atoms with E-state index in [-0.39, 0.29) is 5.88 Å². The number of furan rings is 1. The second-order valence-corrected chi connectivity index (χ2v) is 4.49. The van der Waals surface area contributed by atoms with Crippen LogP contribution in [0.3, 0.4) is 0 Å². The van der Waals surface area contributed by atoms with Crippen LogP contribution < -0.4 is 5.32 Å². The summed E-state index contributed by atoms with van der Waals surface area (Å²) in [5.41, 5.74) is 0. The van der Waals surface area contributed by atoms with Crippen molar-refractivity contribution in [2.45, 2.75) is 38.8 Å². The van der Waals surface area contributed by atoms with Gasteiger partial charge in [-0.05, 0) is 31.2 Å². The fourth-order valence-electron chi connectivity index (χ4n) is 2.20. The average molecular weight is 224 g/mol. The standard InChI is InChI=1S/C11H16N2O3/c1-8-2-3-9(6-8)12-7-10-4-5-11(16-10)13(14)15/h4-5,8-9,12H,2-3,6-7H2,1H3. The molecule has 0 aromatic carbocycles. The van der Waals surface area contributed by atoms with Crippen LogP contribution in [-0.4, -0.2) is 11.0 Å². The predicted molar refractivity (Wildman–Crippen MR) is 59.0 cm³/mol. The third-order valence-corrected chi connectivity index (χ3v) is 3.09. The lowest BCUT2D eigenvalue weighted by Gasteiger charge is -2.10. The van der Waals surface area contributed by atoms with E-state index in [1.54, 1.807) is 6.07 Å². The van der Waals surface area contributed by atoms with E-state index in [4.69, 9.17) is 4.42 Å². The number of nitrogens with zero attached hydrogens (tertiary/aromatic N) is 1. The maximum Gasteiger partial charge on any atom is 0.433 e. The van der Waals surface area contributed by atoms with Gasteiger partial charge in [0, 0.05) is 6.04 Å². The first-order valence-electron chi connectivity index (χ1n) is 5.61. The van der Waals surface area contributed by atoms with Gasteiger partial charge in [0.25, 0.3) is 0 Å². The van der Waals surface area contributed by atoms with Crippen LogP contribution in [0.15, 0.2) is 16.5 Å². The topological polar surface area (TPSA) is 68.3 Å². The van der Waals surface area contributed by atoms with Gasteiger partial charge in [0.2, 0.25) is 0 Å². The molecule has 0 radical (unpaired) electrons. The van der Waals surface area contributed by atoms with Crippen molar-refractivity contribution in [3.8, 4) is 0 Å². The first-order chi connectivity index (χ1) is 7.65. The van der Waals surface area contributed by atoms with Crippen LogP contribution in [0.5, 0.6) is 0 Å². The Balaban J connectivity index is 1.83. The minimum atomic E-state index is -0.513. The molecule has 16 heavy (non-hydrogen) atoms. The fraction of sp³-hybridized carbons (Fsp3) is 0.636. The highest BCUT2D eigenvalue weighted by Crippen LogP contribution is 2.25. The van der Waals surface area contributed by atoms with Gasteiger partial charge < -0.3 is 9.73 Å². The van der Waals surface area contributed by atoms with Crippen LogP contribution in [0, 0.1) is 16.0 Å². The van der Waals surface area contributed by atoms with Crippen molar-refractivity contribution >= 4 is 5.88 Å². The van der Waals surface area contributed by atoms with Crippen LogP contribution in [-0.2, 0) is 6.54 Å². The highest BCUT2D eigenvalue weighted by atomic mass is 16.6. The maximum absolute atomic E-state index is 10.4. The molecule has 0 bridgehead atoms. The summed E-state index contributed by atoms with van der Waals surface area (Å²) in [5, 5.41) is 13.8. The Kier molecular flexibility index (Phi) is 3.24. The summed E-state index contributed by atoms with van der Waals surface area (Å²) < 4.78 is 5.07. The quantitative estimate of drug-likeness (QED) is 0.630. The molecule has 1 fully saturated rings. The van der Waals surface area contributed by atoms with Crippen LogP contribution in [0.1, 0.15) is 31.9 Å². The molecule has 1 aliphatic rings. The molecule has 2 atom stereocenters. The van der Waals surface area contributed by atoms with Gasteiger partial charge in [-0.1, -0.05) is 6.92 Å². The van der Waals surface area contributed by atoms with Crippen molar-refractivity contribution in [1.29, 1.82) is 0 Å². The first-order valence-corrected chi connectivity index (χ1v) is 5.61. The molecule has 0 amide bonds. The maximum atomic E-state index is 10.4. The lowest BCUT2D eigenvalue weighted by molar-refractivity contribution is -0.402. The van der Waals surface area contributed by atoms with Gasteiger partial charge in [-0.25, -0.2) is 0 Å². The Morgan fingerprint density at radius 1 is 1.56 bits per heavy atom. The zero-order valence-corrected chi connectivity index (χ0v) is 9.31. The van der Waals surface area contributed by atoms with E-state index in [0.29, 0.717) is 18.3 Å². The molecule has 2 rings (SSSR count). The van der Waals surface area contributed by atoms with Crippen molar-refractivity contribution in [3.05, 3.63) is 28.0 Å². The van der Waals surface area contributed by atoms with E-state index in [0.717, 1.165) is 5.92 Å². The largest absolute Gasteiger partial charge is 0.433 e. The molecule has 0 saturated heterocycles. The molecule has 1 N–H and O–H groups in total. The smallest absolute Gasteiger partial charge is 0.404 e. The summed E-state index contributed by atoms with van der Waals surface area (Å²) in [6.07, 6.45) is 3.63. The van der Waals surface area contributed by atoms with Gasteiger partial charge in [-0.3, -0.25) is 10.1 Å². The summed E-state index contributed by atoms with van der Waals surface area (Å²) in [4.78, 5) is 9.90. The lowest BCUT2D eigenvalue weighted by atomic mass is 10.1. The van der Waals surface area contributed by atoms with E-state index < -0.39 is 4.92 Å². The molecular weight excluding hydrogens is 208 g/mol. The summed E-state index contributed by atoms with van der Waals surface area (Å²) in [7, 11) is 0. The van der Waals surface area contributed by atoms with Crippen LogP contribution in [0.4, 0.5) is 5.88 Å². The second kappa shape index (κ2) is 4.65. The minimum Gasteiger partial charge on any atom is -0.404 e. The SMILES string of the molecule is CC1CCC(NCc2ccc([N+](=O)[O-])o2)C1. The number of hydrogen-bond donors (Lipinski definition) is 1. The third kappa shape index (κ3) is 2.61. The van der Waals surface area contributed by atoms with Crippen molar-refractivity contribution in [2.75, 3.05) is 0 Å². The highest BCUT2D eigenvalue weighted by molar-refractivity contribution is 5.17. The summed E-state index contributed by atoms with van der Waals surface area (Å²) in [6, 6.07) is 3.58. The monoisotopic (exact) mass is 224 g/mol. The Morgan fingerprint density at radius 2 is 2.38 bits per heavy atom. The molecule has 1 aromatic rings. The molecule has 88 valence electrons. The molecule has 1 saturated carbocycles. The number of nitro groups is 1. The molecule has 0 aliphatic heterocycles. The lowest BCUT2D eigenvalue weighted by Crippen LogP contribution is -2.25. The Hall–Kier alpha value is -1.36. The molecule has 5 heteroatoms. The Bertz CT molecular complexity index is 375. The first kappa shape index (κ1) is 11.1. The fourth-order valence-corrected chi connectivity index (χ4v) is 2.20. The third-order valence-electron chi connectivity index (χ3n) is 3.09. The highest BCUT2D eigenvalue weighted by Gasteiger charge is 2.21. The van der Waals surface area contributed by atoms with Gasteiger partial charge in [0.1, 0.15) is 10.7 Å². The normalized spacial score (nSPS) is 24.8. The van der Waals surface area contributed by atoms with Crippen LogP contribution in [0.25, 0.3) is 0 Å². The van der Waals surface area contributed by atoms with Crippen molar-refractivity contribution in [2.24, 2.45) is 5.92 Å². The van der Waals surface area contributed by atoms with Crippen molar-refractivity contribution in [3.63, 3.8) is 0 Å². The van der Waals surface area contributed by atoms with Gasteiger partial charge in [-0.2, -0.15) is 0 Å². The van der Waals surface area contributed by atoms with Crippen LogP contribution in [0.2, 0.25) is 0 Å². The zero-order chi connectivity index (χ0) is 11.5. The van der Waals surface area contributed by atoms with Gasteiger partial charge in [0.05, 0.1) is 12.6 Å². The van der Waals surface area contributed by atoms with E-state index in [1.807, 2.05) is 0 Å². The molecule has 1 aliphatic carbocycles. The molecule has 1 aromatic heterocycles. The predicted octanol–water partition coefficient (Wildman–Crippen LogP) is 2.47. The summed E-state index contributed by atoms with van der Waals surface area (Å²) in [6.45, 7) is 2.82. The van der Waals surface area contributed by atoms with Gasteiger partial charge >= 0.3 is 5.88 Å². The molecule has 2 unspecified atom stereocenters. The molecule has 0 spiro atoms. The summed E-state index contributed by atoms with van der Waals surface area (Å²) in [5.74, 6) is 1.23. The van der Waals surface area contributed by atoms with Crippen molar-refractivity contribution in [1.82, 2.24) is 5.32 Å². The molecular formula is C11H16N2O3. The Labute approximate surface area is 94.0 Å². The number of rotatable bonds is 4. The average Bonchev–Trinajstić information content (AvgIpc) is 2.83. The minimum absolute atomic E-state index is 0.184. The summed E-state index contributed by atoms with van der Waals surface area (Å²) >= 11 is 0. The van der Waals surface area contributed by atoms with E-state index in [1.165, 1.54) is 25.3 Å².